The third-order valence-corrected chi connectivity index (χ3v) is 5.10. The Morgan fingerprint density at radius 2 is 2.10 bits per heavy atom. The summed E-state index contributed by atoms with van der Waals surface area (Å²) in [6.45, 7) is 1.79. The number of amides is 1. The summed E-state index contributed by atoms with van der Waals surface area (Å²) in [5.41, 5.74) is 0. The van der Waals surface area contributed by atoms with E-state index in [1.54, 1.807) is 6.92 Å². The van der Waals surface area contributed by atoms with Gasteiger partial charge in [-0.1, -0.05) is 6.92 Å². The van der Waals surface area contributed by atoms with Crippen molar-refractivity contribution in [3.8, 4) is 5.75 Å². The first-order chi connectivity index (χ1) is 9.89. The van der Waals surface area contributed by atoms with Gasteiger partial charge in [0.1, 0.15) is 11.6 Å². The van der Waals surface area contributed by atoms with Gasteiger partial charge in [0.05, 0.1) is 11.5 Å². The second kappa shape index (κ2) is 6.43. The van der Waals surface area contributed by atoms with Crippen LogP contribution in [-0.2, 0) is 14.6 Å². The monoisotopic (exact) mass is 315 g/mol. The van der Waals surface area contributed by atoms with Crippen molar-refractivity contribution in [2.45, 2.75) is 31.9 Å². The molecule has 116 valence electrons. The van der Waals surface area contributed by atoms with Crippen LogP contribution >= 0.6 is 0 Å². The Kier molecular flexibility index (Phi) is 4.82. The van der Waals surface area contributed by atoms with Gasteiger partial charge in [-0.05, 0) is 37.1 Å². The van der Waals surface area contributed by atoms with Gasteiger partial charge >= 0.3 is 0 Å². The number of ether oxygens (including phenoxy) is 1. The predicted octanol–water partition coefficient (Wildman–Crippen LogP) is 1.29. The van der Waals surface area contributed by atoms with E-state index in [0.29, 0.717) is 18.6 Å². The first kappa shape index (κ1) is 15.8. The van der Waals surface area contributed by atoms with Crippen LogP contribution < -0.4 is 10.1 Å². The van der Waals surface area contributed by atoms with Crippen LogP contribution in [0.3, 0.4) is 0 Å². The summed E-state index contributed by atoms with van der Waals surface area (Å²) in [6, 6.07) is 5.05. The first-order valence-electron chi connectivity index (χ1n) is 6.82. The molecular formula is C14H18FNO4S. The molecule has 1 aromatic rings. The summed E-state index contributed by atoms with van der Waals surface area (Å²) >= 11 is 0. The van der Waals surface area contributed by atoms with Crippen molar-refractivity contribution < 1.29 is 22.3 Å². The van der Waals surface area contributed by atoms with Crippen LogP contribution in [0.1, 0.15) is 19.8 Å². The maximum Gasteiger partial charge on any atom is 0.261 e. The Bertz CT molecular complexity index is 600. The van der Waals surface area contributed by atoms with E-state index in [-0.39, 0.29) is 29.3 Å². The van der Waals surface area contributed by atoms with Crippen LogP contribution in [0.15, 0.2) is 24.3 Å². The van der Waals surface area contributed by atoms with Crippen LogP contribution in [0.25, 0.3) is 0 Å². The van der Waals surface area contributed by atoms with Crippen LogP contribution in [-0.4, -0.2) is 38.0 Å². The number of carbonyl (C=O) groups is 1. The van der Waals surface area contributed by atoms with Crippen molar-refractivity contribution in [2.75, 3.05) is 11.5 Å². The first-order valence-corrected chi connectivity index (χ1v) is 8.65. The lowest BCUT2D eigenvalue weighted by atomic mass is 10.2. The number of carbonyl (C=O) groups excluding carboxylic acids is 1. The fraction of sp³-hybridized carbons (Fsp3) is 0.500. The zero-order valence-electron chi connectivity index (χ0n) is 11.7. The SMILES string of the molecule is CCC(Oc1ccc(F)cc1)C(=O)NC1CCS(=O)(=O)C1. The van der Waals surface area contributed by atoms with E-state index < -0.39 is 15.9 Å². The van der Waals surface area contributed by atoms with Gasteiger partial charge in [-0.3, -0.25) is 4.79 Å². The molecule has 5 nitrogen and oxygen atoms in total. The lowest BCUT2D eigenvalue weighted by Gasteiger charge is -2.19. The Balaban J connectivity index is 1.94. The molecule has 1 amide bonds. The van der Waals surface area contributed by atoms with Crippen molar-refractivity contribution >= 4 is 15.7 Å². The van der Waals surface area contributed by atoms with Crippen molar-refractivity contribution in [3.05, 3.63) is 30.1 Å². The Morgan fingerprint density at radius 3 is 2.62 bits per heavy atom. The maximum atomic E-state index is 12.8. The molecule has 0 radical (unpaired) electrons. The minimum atomic E-state index is -3.03. The third-order valence-electron chi connectivity index (χ3n) is 3.33. The molecule has 1 N–H and O–H groups in total. The van der Waals surface area contributed by atoms with Gasteiger partial charge in [0, 0.05) is 6.04 Å². The standard InChI is InChI=1S/C14H18FNO4S/c1-2-13(20-12-5-3-10(15)4-6-12)14(17)16-11-7-8-21(18,19)9-11/h3-6,11,13H,2,7-9H2,1H3,(H,16,17). The molecule has 1 aliphatic heterocycles. The van der Waals surface area contributed by atoms with E-state index in [2.05, 4.69) is 5.32 Å². The molecule has 1 saturated heterocycles. The molecule has 0 bridgehead atoms. The van der Waals surface area contributed by atoms with Crippen LogP contribution in [0.5, 0.6) is 5.75 Å². The fourth-order valence-corrected chi connectivity index (χ4v) is 3.88. The molecule has 21 heavy (non-hydrogen) atoms. The summed E-state index contributed by atoms with van der Waals surface area (Å²) in [5.74, 6) is -0.239. The van der Waals surface area contributed by atoms with Crippen molar-refractivity contribution in [3.63, 3.8) is 0 Å². The van der Waals surface area contributed by atoms with E-state index in [4.69, 9.17) is 4.74 Å². The normalized spacial score (nSPS) is 21.7. The highest BCUT2D eigenvalue weighted by Crippen LogP contribution is 2.16. The molecule has 0 spiro atoms. The second-order valence-electron chi connectivity index (χ2n) is 5.08. The molecule has 1 heterocycles. The third kappa shape index (κ3) is 4.42. The van der Waals surface area contributed by atoms with Gasteiger partial charge in [0.2, 0.25) is 0 Å². The highest BCUT2D eigenvalue weighted by atomic mass is 32.2. The Hall–Kier alpha value is -1.63. The summed E-state index contributed by atoms with van der Waals surface area (Å²) in [7, 11) is -3.03. The summed E-state index contributed by atoms with van der Waals surface area (Å²) in [6.07, 6.45) is 0.141. The number of halogens is 1. The topological polar surface area (TPSA) is 72.5 Å². The largest absolute Gasteiger partial charge is 0.481 e. The number of sulfone groups is 1. The zero-order valence-corrected chi connectivity index (χ0v) is 12.5. The summed E-state index contributed by atoms with van der Waals surface area (Å²) in [4.78, 5) is 12.1. The van der Waals surface area contributed by atoms with Crippen LogP contribution in [0.2, 0.25) is 0 Å². The van der Waals surface area contributed by atoms with E-state index >= 15 is 0 Å². The lowest BCUT2D eigenvalue weighted by Crippen LogP contribution is -2.44. The van der Waals surface area contributed by atoms with Crippen LogP contribution in [0.4, 0.5) is 4.39 Å². The average molecular weight is 315 g/mol. The molecule has 7 heteroatoms. The molecule has 0 saturated carbocycles. The number of benzene rings is 1. The number of hydrogen-bond donors (Lipinski definition) is 1. The van der Waals surface area contributed by atoms with Gasteiger partial charge < -0.3 is 10.1 Å². The summed E-state index contributed by atoms with van der Waals surface area (Å²) in [5, 5.41) is 2.70. The lowest BCUT2D eigenvalue weighted by molar-refractivity contribution is -0.128. The van der Waals surface area contributed by atoms with E-state index in [0.717, 1.165) is 0 Å². The number of hydrogen-bond acceptors (Lipinski definition) is 4. The van der Waals surface area contributed by atoms with Crippen molar-refractivity contribution in [2.24, 2.45) is 0 Å². The number of rotatable bonds is 5. The zero-order chi connectivity index (χ0) is 15.5. The minimum Gasteiger partial charge on any atom is -0.481 e. The van der Waals surface area contributed by atoms with Crippen LogP contribution in [0, 0.1) is 5.82 Å². The highest BCUT2D eigenvalue weighted by molar-refractivity contribution is 7.91. The minimum absolute atomic E-state index is 0.0221. The molecule has 2 unspecified atom stereocenters. The van der Waals surface area contributed by atoms with E-state index in [9.17, 15) is 17.6 Å². The maximum absolute atomic E-state index is 12.8. The van der Waals surface area contributed by atoms with Gasteiger partial charge in [-0.25, -0.2) is 12.8 Å². The van der Waals surface area contributed by atoms with Gasteiger partial charge in [-0.2, -0.15) is 0 Å². The fourth-order valence-electron chi connectivity index (χ4n) is 2.20. The summed E-state index contributed by atoms with van der Waals surface area (Å²) < 4.78 is 41.1. The van der Waals surface area contributed by atoms with Gasteiger partial charge in [0.15, 0.2) is 15.9 Å². The molecule has 2 atom stereocenters. The highest BCUT2D eigenvalue weighted by Gasteiger charge is 2.31. The van der Waals surface area contributed by atoms with Crippen molar-refractivity contribution in [1.29, 1.82) is 0 Å². The molecule has 2 rings (SSSR count). The van der Waals surface area contributed by atoms with Gasteiger partial charge in [0.25, 0.3) is 5.91 Å². The molecule has 1 aliphatic rings. The average Bonchev–Trinajstić information content (AvgIpc) is 2.77. The molecular weight excluding hydrogens is 297 g/mol. The second-order valence-corrected chi connectivity index (χ2v) is 7.31. The van der Waals surface area contributed by atoms with E-state index in [1.807, 2.05) is 0 Å². The van der Waals surface area contributed by atoms with Gasteiger partial charge in [-0.15, -0.1) is 0 Å². The molecule has 1 fully saturated rings. The Labute approximate surface area is 123 Å². The number of nitrogens with one attached hydrogen (secondary N) is 1. The smallest absolute Gasteiger partial charge is 0.261 e. The predicted molar refractivity (Wildman–Crippen MR) is 76.3 cm³/mol. The molecule has 1 aromatic carbocycles. The molecule has 0 aliphatic carbocycles. The van der Waals surface area contributed by atoms with Crippen molar-refractivity contribution in [1.82, 2.24) is 5.32 Å². The molecule has 0 aromatic heterocycles. The van der Waals surface area contributed by atoms with E-state index in [1.165, 1.54) is 24.3 Å². The Morgan fingerprint density at radius 1 is 1.43 bits per heavy atom. The quantitative estimate of drug-likeness (QED) is 0.888.